The summed E-state index contributed by atoms with van der Waals surface area (Å²) < 4.78 is 5.32. The van der Waals surface area contributed by atoms with Gasteiger partial charge in [0.05, 0.1) is 7.11 Å². The molecule has 0 aliphatic heterocycles. The number of hydrogen-bond donors (Lipinski definition) is 2. The molecule has 0 radical (unpaired) electrons. The summed E-state index contributed by atoms with van der Waals surface area (Å²) in [4.78, 5) is 1.15. The van der Waals surface area contributed by atoms with Crippen molar-refractivity contribution >= 4 is 11.8 Å². The average Bonchev–Trinajstić information content (AvgIpc) is 2.34. The number of ether oxygens (including phenoxy) is 1. The van der Waals surface area contributed by atoms with Crippen LogP contribution in [0.25, 0.3) is 0 Å². The van der Waals surface area contributed by atoms with Crippen LogP contribution in [0, 0.1) is 0 Å². The predicted molar refractivity (Wildman–Crippen MR) is 68.2 cm³/mol. The molecule has 4 heteroatoms. The second-order valence-electron chi connectivity index (χ2n) is 3.44. The van der Waals surface area contributed by atoms with E-state index in [2.05, 4.69) is 23.5 Å². The van der Waals surface area contributed by atoms with Crippen LogP contribution in [0.4, 0.5) is 0 Å². The minimum absolute atomic E-state index is 0.238. The Hall–Kier alpha value is -0.710. The van der Waals surface area contributed by atoms with E-state index < -0.39 is 0 Å². The van der Waals surface area contributed by atoms with Crippen LogP contribution in [0.1, 0.15) is 12.0 Å². The van der Waals surface area contributed by atoms with Crippen molar-refractivity contribution in [3.63, 3.8) is 0 Å². The molecular weight excluding hydrogens is 222 g/mol. The first-order valence-corrected chi connectivity index (χ1v) is 6.56. The van der Waals surface area contributed by atoms with Gasteiger partial charge in [0.15, 0.2) is 0 Å². The van der Waals surface area contributed by atoms with Gasteiger partial charge in [0.2, 0.25) is 0 Å². The lowest BCUT2D eigenvalue weighted by atomic mass is 10.2. The van der Waals surface area contributed by atoms with Crippen LogP contribution >= 0.6 is 11.8 Å². The Kier molecular flexibility index (Phi) is 6.30. The van der Waals surface area contributed by atoms with Crippen molar-refractivity contribution in [2.45, 2.75) is 17.9 Å². The Morgan fingerprint density at radius 2 is 2.25 bits per heavy atom. The fourth-order valence-electron chi connectivity index (χ4n) is 1.43. The van der Waals surface area contributed by atoms with Crippen LogP contribution in [0.3, 0.4) is 0 Å². The summed E-state index contributed by atoms with van der Waals surface area (Å²) in [7, 11) is 1.69. The molecule has 1 rings (SSSR count). The molecule has 0 saturated carbocycles. The lowest BCUT2D eigenvalue weighted by molar-refractivity contribution is 0.286. The van der Waals surface area contributed by atoms with Crippen LogP contribution in [-0.4, -0.2) is 31.6 Å². The van der Waals surface area contributed by atoms with E-state index in [1.165, 1.54) is 5.56 Å². The Balaban J connectivity index is 2.54. The molecule has 0 amide bonds. The number of benzene rings is 1. The third-order valence-corrected chi connectivity index (χ3v) is 3.07. The standard InChI is InChI=1S/C12H19NO2S/c1-15-11-8-10(4-5-12(11)16-2)9-13-6-3-7-14/h4-5,8,13-14H,3,6-7,9H2,1-2H3. The molecule has 0 aliphatic carbocycles. The van der Waals surface area contributed by atoms with Crippen molar-refractivity contribution in [1.29, 1.82) is 0 Å². The van der Waals surface area contributed by atoms with Crippen LogP contribution in [-0.2, 0) is 6.54 Å². The molecule has 1 aromatic carbocycles. The monoisotopic (exact) mass is 241 g/mol. The van der Waals surface area contributed by atoms with E-state index in [-0.39, 0.29) is 6.61 Å². The molecule has 0 fully saturated rings. The molecule has 0 aromatic heterocycles. The van der Waals surface area contributed by atoms with E-state index >= 15 is 0 Å². The Bertz CT molecular complexity index is 318. The van der Waals surface area contributed by atoms with Crippen molar-refractivity contribution in [1.82, 2.24) is 5.32 Å². The highest BCUT2D eigenvalue weighted by Gasteiger charge is 2.02. The fourth-order valence-corrected chi connectivity index (χ4v) is 1.97. The maximum Gasteiger partial charge on any atom is 0.132 e. The zero-order chi connectivity index (χ0) is 11.8. The van der Waals surface area contributed by atoms with E-state index in [9.17, 15) is 0 Å². The summed E-state index contributed by atoms with van der Waals surface area (Å²) >= 11 is 1.68. The van der Waals surface area contributed by atoms with E-state index in [0.29, 0.717) is 0 Å². The minimum Gasteiger partial charge on any atom is -0.496 e. The zero-order valence-corrected chi connectivity index (χ0v) is 10.6. The van der Waals surface area contributed by atoms with Crippen molar-refractivity contribution < 1.29 is 9.84 Å². The molecule has 0 heterocycles. The summed E-state index contributed by atoms with van der Waals surface area (Å²) in [5.74, 6) is 0.925. The number of aliphatic hydroxyl groups is 1. The maximum absolute atomic E-state index is 8.65. The Morgan fingerprint density at radius 1 is 1.44 bits per heavy atom. The molecule has 1 aromatic rings. The topological polar surface area (TPSA) is 41.5 Å². The van der Waals surface area contributed by atoms with Crippen molar-refractivity contribution in [3.8, 4) is 5.75 Å². The van der Waals surface area contributed by atoms with Gasteiger partial charge in [-0.15, -0.1) is 11.8 Å². The fraction of sp³-hybridized carbons (Fsp3) is 0.500. The smallest absolute Gasteiger partial charge is 0.132 e. The van der Waals surface area contributed by atoms with Gasteiger partial charge in [0, 0.05) is 18.0 Å². The summed E-state index contributed by atoms with van der Waals surface area (Å²) in [6.07, 6.45) is 2.83. The highest BCUT2D eigenvalue weighted by atomic mass is 32.2. The number of hydrogen-bond acceptors (Lipinski definition) is 4. The van der Waals surface area contributed by atoms with E-state index in [0.717, 1.165) is 30.2 Å². The summed E-state index contributed by atoms with van der Waals surface area (Å²) in [6.45, 7) is 1.88. The third-order valence-electron chi connectivity index (χ3n) is 2.29. The summed E-state index contributed by atoms with van der Waals surface area (Å²) in [5.41, 5.74) is 1.20. The largest absolute Gasteiger partial charge is 0.496 e. The van der Waals surface area contributed by atoms with Crippen LogP contribution < -0.4 is 10.1 Å². The van der Waals surface area contributed by atoms with Gasteiger partial charge >= 0.3 is 0 Å². The second-order valence-corrected chi connectivity index (χ2v) is 4.29. The highest BCUT2D eigenvalue weighted by Crippen LogP contribution is 2.28. The highest BCUT2D eigenvalue weighted by molar-refractivity contribution is 7.98. The Labute approximate surface area is 101 Å². The molecule has 2 N–H and O–H groups in total. The van der Waals surface area contributed by atoms with E-state index in [1.54, 1.807) is 18.9 Å². The van der Waals surface area contributed by atoms with Gasteiger partial charge < -0.3 is 15.2 Å². The SMILES string of the molecule is COc1cc(CNCCCO)ccc1SC. The minimum atomic E-state index is 0.238. The maximum atomic E-state index is 8.65. The molecule has 0 atom stereocenters. The van der Waals surface area contributed by atoms with Crippen molar-refractivity contribution in [2.75, 3.05) is 26.5 Å². The van der Waals surface area contributed by atoms with Gasteiger partial charge in [-0.25, -0.2) is 0 Å². The van der Waals surface area contributed by atoms with Gasteiger partial charge in [-0.3, -0.25) is 0 Å². The van der Waals surface area contributed by atoms with E-state index in [4.69, 9.17) is 9.84 Å². The van der Waals surface area contributed by atoms with E-state index in [1.807, 2.05) is 6.26 Å². The first-order chi connectivity index (χ1) is 7.81. The predicted octanol–water partition coefficient (Wildman–Crippen LogP) is 1.89. The quantitative estimate of drug-likeness (QED) is 0.565. The Morgan fingerprint density at radius 3 is 2.88 bits per heavy atom. The zero-order valence-electron chi connectivity index (χ0n) is 9.82. The van der Waals surface area contributed by atoms with Crippen molar-refractivity contribution in [2.24, 2.45) is 0 Å². The number of nitrogens with one attached hydrogen (secondary N) is 1. The van der Waals surface area contributed by atoms with Gasteiger partial charge in [0.25, 0.3) is 0 Å². The lowest BCUT2D eigenvalue weighted by Gasteiger charge is -2.09. The third kappa shape index (κ3) is 4.04. The first-order valence-electron chi connectivity index (χ1n) is 5.34. The molecule has 0 saturated heterocycles. The number of thioether (sulfide) groups is 1. The molecule has 0 spiro atoms. The van der Waals surface area contributed by atoms with Crippen LogP contribution in [0.15, 0.2) is 23.1 Å². The molecule has 0 bridgehead atoms. The number of methoxy groups -OCH3 is 1. The number of aliphatic hydroxyl groups excluding tert-OH is 1. The van der Waals surface area contributed by atoms with Gasteiger partial charge in [-0.05, 0) is 36.9 Å². The molecular formula is C12H19NO2S. The molecule has 0 unspecified atom stereocenters. The number of rotatable bonds is 7. The van der Waals surface area contributed by atoms with Gasteiger partial charge in [0.1, 0.15) is 5.75 Å². The molecule has 3 nitrogen and oxygen atoms in total. The van der Waals surface area contributed by atoms with Gasteiger partial charge in [-0.1, -0.05) is 6.07 Å². The van der Waals surface area contributed by atoms with Crippen molar-refractivity contribution in [3.05, 3.63) is 23.8 Å². The second kappa shape index (κ2) is 7.54. The molecule has 16 heavy (non-hydrogen) atoms. The van der Waals surface area contributed by atoms with Gasteiger partial charge in [-0.2, -0.15) is 0 Å². The first kappa shape index (κ1) is 13.4. The molecule has 90 valence electrons. The normalized spacial score (nSPS) is 10.4. The summed E-state index contributed by atoms with van der Waals surface area (Å²) in [5, 5.41) is 11.9. The average molecular weight is 241 g/mol. The summed E-state index contributed by atoms with van der Waals surface area (Å²) in [6, 6.07) is 6.23. The lowest BCUT2D eigenvalue weighted by Crippen LogP contribution is -2.15. The van der Waals surface area contributed by atoms with Crippen LogP contribution in [0.2, 0.25) is 0 Å². The molecule has 0 aliphatic rings. The van der Waals surface area contributed by atoms with Crippen LogP contribution in [0.5, 0.6) is 5.75 Å².